The van der Waals surface area contributed by atoms with Gasteiger partial charge in [0.1, 0.15) is 0 Å². The van der Waals surface area contributed by atoms with Crippen LogP contribution in [0.5, 0.6) is 0 Å². The third-order valence-corrected chi connectivity index (χ3v) is 4.44. The molecule has 4 heteroatoms. The molecule has 0 unspecified atom stereocenters. The van der Waals surface area contributed by atoms with Crippen molar-refractivity contribution in [3.8, 4) is 0 Å². The number of rotatable bonds is 5. The second-order valence-corrected chi connectivity index (χ2v) is 7.36. The molecule has 94 valence electrons. The number of hydrogen-bond acceptors (Lipinski definition) is 3. The molecule has 0 aliphatic rings. The van der Waals surface area contributed by atoms with Gasteiger partial charge < -0.3 is 4.74 Å². The Hall–Kier alpha value is -0.590. The molecule has 0 aliphatic carbocycles. The van der Waals surface area contributed by atoms with Crippen LogP contribution in [0.3, 0.4) is 0 Å². The van der Waals surface area contributed by atoms with Gasteiger partial charge in [-0.25, -0.2) is 0 Å². The quantitative estimate of drug-likeness (QED) is 0.465. The Morgan fingerprint density at radius 3 is 2.41 bits per heavy atom. The average molecular weight is 346 g/mol. The first kappa shape index (κ1) is 14.5. The van der Waals surface area contributed by atoms with Gasteiger partial charge >= 0.3 is 0 Å². The van der Waals surface area contributed by atoms with Crippen molar-refractivity contribution in [3.63, 3.8) is 0 Å². The number of aliphatic imine (C=N–C) groups is 1. The van der Waals surface area contributed by atoms with E-state index in [1.54, 1.807) is 7.11 Å². The highest BCUT2D eigenvalue weighted by Gasteiger charge is 2.10. The summed E-state index contributed by atoms with van der Waals surface area (Å²) in [5, 5.41) is 0. The predicted molar refractivity (Wildman–Crippen MR) is 83.5 cm³/mol. The first-order valence-electron chi connectivity index (χ1n) is 5.38. The van der Waals surface area contributed by atoms with E-state index in [9.17, 15) is 0 Å². The van der Waals surface area contributed by atoms with Crippen molar-refractivity contribution in [2.75, 3.05) is 34.9 Å². The molecular formula is C13H19IN2O. The molecule has 1 aromatic carbocycles. The Morgan fingerprint density at radius 1 is 1.29 bits per heavy atom. The first-order chi connectivity index (χ1) is 8.19. The van der Waals surface area contributed by atoms with Gasteiger partial charge in [0.2, 0.25) is 0 Å². The summed E-state index contributed by atoms with van der Waals surface area (Å²) in [4.78, 5) is 4.43. The lowest BCUT2D eigenvalue weighted by Crippen LogP contribution is -2.20. The molecule has 0 atom stereocenters. The Balaban J connectivity index is 3.07. The highest BCUT2D eigenvalue weighted by atomic mass is 127. The largest absolute Gasteiger partial charge is 0.379 e. The maximum atomic E-state index is 5.29. The van der Waals surface area contributed by atoms with Gasteiger partial charge in [0.05, 0.1) is 12.3 Å². The fourth-order valence-electron chi connectivity index (χ4n) is 1.47. The van der Waals surface area contributed by atoms with Crippen LogP contribution in [-0.2, 0) is 4.74 Å². The summed E-state index contributed by atoms with van der Waals surface area (Å²) in [5.41, 5.74) is 2.25. The molecule has 0 N–H and O–H groups in total. The molecule has 0 saturated heterocycles. The van der Waals surface area contributed by atoms with Crippen LogP contribution in [0.2, 0.25) is 0 Å². The van der Waals surface area contributed by atoms with Crippen molar-refractivity contribution < 1.29 is 4.74 Å². The monoisotopic (exact) mass is 346 g/mol. The summed E-state index contributed by atoms with van der Waals surface area (Å²) in [6, 6.07) is 10.3. The Kier molecular flexibility index (Phi) is 6.54. The summed E-state index contributed by atoms with van der Waals surface area (Å²) >= 11 is -0.185. The molecule has 1 rings (SSSR count). The molecule has 0 spiro atoms. The van der Waals surface area contributed by atoms with Gasteiger partial charge in [0, 0.05) is 23.2 Å². The Labute approximate surface area is 114 Å². The van der Waals surface area contributed by atoms with Gasteiger partial charge in [-0.1, -0.05) is 30.3 Å². The van der Waals surface area contributed by atoms with Crippen molar-refractivity contribution in [2.24, 2.45) is 4.99 Å². The third-order valence-electron chi connectivity index (χ3n) is 2.07. The van der Waals surface area contributed by atoms with Crippen molar-refractivity contribution in [3.05, 3.63) is 35.9 Å². The topological polar surface area (TPSA) is 24.8 Å². The van der Waals surface area contributed by atoms with Crippen molar-refractivity contribution in [1.82, 2.24) is 3.11 Å². The highest BCUT2D eigenvalue weighted by Crippen LogP contribution is 2.11. The zero-order valence-electron chi connectivity index (χ0n) is 10.8. The van der Waals surface area contributed by atoms with E-state index >= 15 is 0 Å². The standard InChI is InChI=1S/C13H19IN2O/c1-15-13(11-8-6-5-7-9-11)12(10-17-4)14-16(2)3/h5-9H,10H2,1-4H3. The van der Waals surface area contributed by atoms with E-state index in [2.05, 4.69) is 34.3 Å². The number of ether oxygens (including phenoxy) is 1. The van der Waals surface area contributed by atoms with E-state index in [4.69, 9.17) is 4.74 Å². The molecule has 0 aliphatic heterocycles. The lowest BCUT2D eigenvalue weighted by Gasteiger charge is -2.12. The Bertz CT molecular complexity index is 399. The number of benzene rings is 1. The fourth-order valence-corrected chi connectivity index (χ4v) is 3.86. The van der Waals surface area contributed by atoms with Gasteiger partial charge in [0.25, 0.3) is 0 Å². The van der Waals surface area contributed by atoms with Crippen molar-refractivity contribution in [1.29, 1.82) is 0 Å². The summed E-state index contributed by atoms with van der Waals surface area (Å²) in [6.07, 6.45) is 0. The van der Waals surface area contributed by atoms with Crippen LogP contribution in [0.15, 0.2) is 35.3 Å². The van der Waals surface area contributed by atoms with Crippen LogP contribution in [0, 0.1) is 0 Å². The molecule has 0 radical (unpaired) electrons. The molecule has 0 aromatic heterocycles. The SMILES string of the molecule is CN=C(C(COC)=IN(C)C)c1ccccc1. The molecule has 0 amide bonds. The zero-order chi connectivity index (χ0) is 12.7. The number of methoxy groups -OCH3 is 1. The van der Waals surface area contributed by atoms with E-state index in [0.29, 0.717) is 6.61 Å². The zero-order valence-corrected chi connectivity index (χ0v) is 12.9. The second kappa shape index (κ2) is 7.68. The maximum absolute atomic E-state index is 5.29. The van der Waals surface area contributed by atoms with E-state index in [0.717, 1.165) is 5.71 Å². The highest BCUT2D eigenvalue weighted by molar-refractivity contribution is 14.2. The van der Waals surface area contributed by atoms with Gasteiger partial charge in [-0.3, -0.25) is 8.11 Å². The normalized spacial score (nSPS) is 13.7. The smallest absolute Gasteiger partial charge is 0.0796 e. The Morgan fingerprint density at radius 2 is 1.94 bits per heavy atom. The van der Waals surface area contributed by atoms with E-state index in [1.165, 1.54) is 9.07 Å². The van der Waals surface area contributed by atoms with Crippen molar-refractivity contribution >= 4 is 30.2 Å². The summed E-state index contributed by atoms with van der Waals surface area (Å²) in [6.45, 7) is 0.660. The lowest BCUT2D eigenvalue weighted by atomic mass is 10.1. The van der Waals surface area contributed by atoms with Crippen LogP contribution in [0.1, 0.15) is 5.56 Å². The van der Waals surface area contributed by atoms with Gasteiger partial charge in [-0.05, 0) is 35.1 Å². The molecule has 0 saturated carbocycles. The van der Waals surface area contributed by atoms with Gasteiger partial charge in [-0.2, -0.15) is 0 Å². The van der Waals surface area contributed by atoms with Gasteiger partial charge in [-0.15, -0.1) is 0 Å². The van der Waals surface area contributed by atoms with Crippen LogP contribution < -0.4 is 0 Å². The number of nitrogens with zero attached hydrogens (tertiary/aromatic N) is 2. The van der Waals surface area contributed by atoms with E-state index in [1.807, 2.05) is 25.2 Å². The van der Waals surface area contributed by atoms with E-state index in [-0.39, 0.29) is 21.0 Å². The van der Waals surface area contributed by atoms with Crippen LogP contribution in [0.4, 0.5) is 0 Å². The first-order valence-corrected chi connectivity index (χ1v) is 7.43. The van der Waals surface area contributed by atoms with Crippen LogP contribution in [0.25, 0.3) is 0 Å². The summed E-state index contributed by atoms with van der Waals surface area (Å²) in [5.74, 6) is 0. The lowest BCUT2D eigenvalue weighted by molar-refractivity contribution is 0.248. The second-order valence-electron chi connectivity index (χ2n) is 3.65. The third kappa shape index (κ3) is 4.65. The minimum absolute atomic E-state index is 0.185. The maximum Gasteiger partial charge on any atom is 0.0796 e. The predicted octanol–water partition coefficient (Wildman–Crippen LogP) is 2.37. The molecular weight excluding hydrogens is 327 g/mol. The van der Waals surface area contributed by atoms with Gasteiger partial charge in [0.15, 0.2) is 0 Å². The molecule has 17 heavy (non-hydrogen) atoms. The minimum atomic E-state index is -0.185. The molecule has 1 aromatic rings. The average Bonchev–Trinajstić information content (AvgIpc) is 2.31. The molecule has 0 bridgehead atoms. The van der Waals surface area contributed by atoms with Crippen LogP contribution >= 0.6 is 21.0 Å². The number of hydrogen-bond donors (Lipinski definition) is 0. The minimum Gasteiger partial charge on any atom is -0.379 e. The van der Waals surface area contributed by atoms with E-state index < -0.39 is 0 Å². The summed E-state index contributed by atoms with van der Waals surface area (Å²) < 4.78 is 8.84. The summed E-state index contributed by atoms with van der Waals surface area (Å²) in [7, 11) is 7.78. The molecule has 3 nitrogen and oxygen atoms in total. The number of halogens is 1. The van der Waals surface area contributed by atoms with Crippen LogP contribution in [-0.4, -0.2) is 47.2 Å². The molecule has 0 heterocycles. The van der Waals surface area contributed by atoms with Crippen molar-refractivity contribution in [2.45, 2.75) is 0 Å². The molecule has 0 fully saturated rings. The fraction of sp³-hybridized carbons (Fsp3) is 0.385.